The van der Waals surface area contributed by atoms with Gasteiger partial charge in [-0.2, -0.15) is 0 Å². The lowest BCUT2D eigenvalue weighted by molar-refractivity contribution is 0.102. The summed E-state index contributed by atoms with van der Waals surface area (Å²) in [6.07, 6.45) is 2.90. The van der Waals surface area contributed by atoms with Gasteiger partial charge in [0.15, 0.2) is 11.5 Å². The molecular weight excluding hydrogens is 428 g/mol. The highest BCUT2D eigenvalue weighted by atomic mass is 32.2. The Kier molecular flexibility index (Phi) is 5.22. The molecule has 1 amide bonds. The highest BCUT2D eigenvalue weighted by Gasteiger charge is 2.21. The zero-order valence-corrected chi connectivity index (χ0v) is 18.1. The van der Waals surface area contributed by atoms with E-state index in [-0.39, 0.29) is 16.1 Å². The molecule has 7 nitrogen and oxygen atoms in total. The number of para-hydroxylation sites is 1. The molecule has 0 saturated heterocycles. The first-order valence-electron chi connectivity index (χ1n) is 10.4. The third-order valence-electron chi connectivity index (χ3n) is 5.60. The van der Waals surface area contributed by atoms with E-state index in [4.69, 9.17) is 9.47 Å². The third-order valence-corrected chi connectivity index (χ3v) is 6.96. The Morgan fingerprint density at radius 2 is 1.62 bits per heavy atom. The fraction of sp³-hybridized carbons (Fsp3) is 0.208. The number of hydrogen-bond donors (Lipinski definition) is 2. The molecule has 0 unspecified atom stereocenters. The van der Waals surface area contributed by atoms with Crippen molar-refractivity contribution in [1.29, 1.82) is 0 Å². The van der Waals surface area contributed by atoms with E-state index in [1.54, 1.807) is 54.6 Å². The maximum Gasteiger partial charge on any atom is 0.261 e. The monoisotopic (exact) mass is 450 g/mol. The Balaban J connectivity index is 1.38. The number of nitrogens with one attached hydrogen (secondary N) is 2. The van der Waals surface area contributed by atoms with E-state index in [1.165, 1.54) is 5.56 Å². The average Bonchev–Trinajstić information content (AvgIpc) is 3.27. The van der Waals surface area contributed by atoms with Crippen LogP contribution >= 0.6 is 0 Å². The molecule has 0 fully saturated rings. The van der Waals surface area contributed by atoms with Gasteiger partial charge in [0.1, 0.15) is 13.2 Å². The van der Waals surface area contributed by atoms with E-state index >= 15 is 0 Å². The number of fused-ring (bicyclic) bond motifs is 2. The standard InChI is InChI=1S/C24H22N2O5S/c27-24(25-18-9-11-22-23(15-18)31-13-12-30-22)20-6-1-2-7-21(20)26-32(28,29)19-10-8-16-4-3-5-17(16)14-19/h1-2,6-11,14-15,26H,3-5,12-13H2,(H,25,27). The largest absolute Gasteiger partial charge is 0.486 e. The summed E-state index contributed by atoms with van der Waals surface area (Å²) in [7, 11) is -3.84. The second kappa shape index (κ2) is 8.20. The highest BCUT2D eigenvalue weighted by molar-refractivity contribution is 7.92. The minimum Gasteiger partial charge on any atom is -0.486 e. The van der Waals surface area contributed by atoms with Gasteiger partial charge < -0.3 is 14.8 Å². The number of aryl methyl sites for hydroxylation is 2. The van der Waals surface area contributed by atoms with E-state index in [2.05, 4.69) is 10.0 Å². The molecule has 0 atom stereocenters. The van der Waals surface area contributed by atoms with Gasteiger partial charge in [-0.05, 0) is 66.8 Å². The lowest BCUT2D eigenvalue weighted by Gasteiger charge is -2.19. The number of carbonyl (C=O) groups excluding carboxylic acids is 1. The summed E-state index contributed by atoms with van der Waals surface area (Å²) < 4.78 is 39.7. The number of benzene rings is 3. The molecule has 0 radical (unpaired) electrons. The fourth-order valence-corrected chi connectivity index (χ4v) is 5.14. The first kappa shape index (κ1) is 20.4. The van der Waals surface area contributed by atoms with E-state index in [9.17, 15) is 13.2 Å². The molecule has 2 aliphatic rings. The van der Waals surface area contributed by atoms with Crippen molar-refractivity contribution in [3.8, 4) is 11.5 Å². The fourth-order valence-electron chi connectivity index (χ4n) is 4.01. The molecule has 0 spiro atoms. The Labute approximate surface area is 186 Å². The quantitative estimate of drug-likeness (QED) is 0.613. The summed E-state index contributed by atoms with van der Waals surface area (Å²) in [6, 6.07) is 16.9. The smallest absolute Gasteiger partial charge is 0.261 e. The molecule has 0 bridgehead atoms. The van der Waals surface area contributed by atoms with Crippen LogP contribution in [0.25, 0.3) is 0 Å². The van der Waals surface area contributed by atoms with Crippen molar-refractivity contribution in [2.45, 2.75) is 24.2 Å². The SMILES string of the molecule is O=C(Nc1ccc2c(c1)OCCO2)c1ccccc1NS(=O)(=O)c1ccc2c(c1)CCC2. The topological polar surface area (TPSA) is 93.7 Å². The summed E-state index contributed by atoms with van der Waals surface area (Å²) in [4.78, 5) is 13.2. The van der Waals surface area contributed by atoms with Crippen LogP contribution in [0.2, 0.25) is 0 Å². The molecule has 1 aliphatic carbocycles. The van der Waals surface area contributed by atoms with E-state index < -0.39 is 15.9 Å². The van der Waals surface area contributed by atoms with Gasteiger partial charge in [0.2, 0.25) is 0 Å². The summed E-state index contributed by atoms with van der Waals surface area (Å²) in [5.41, 5.74) is 3.21. The van der Waals surface area contributed by atoms with Crippen LogP contribution in [-0.2, 0) is 22.9 Å². The van der Waals surface area contributed by atoms with Crippen LogP contribution in [0.4, 0.5) is 11.4 Å². The van der Waals surface area contributed by atoms with Crippen molar-refractivity contribution in [2.75, 3.05) is 23.3 Å². The number of carbonyl (C=O) groups is 1. The minimum absolute atomic E-state index is 0.195. The number of amides is 1. The van der Waals surface area contributed by atoms with Crippen LogP contribution < -0.4 is 19.5 Å². The van der Waals surface area contributed by atoms with Gasteiger partial charge in [-0.15, -0.1) is 0 Å². The molecule has 164 valence electrons. The van der Waals surface area contributed by atoms with Gasteiger partial charge >= 0.3 is 0 Å². The Hall–Kier alpha value is -3.52. The molecule has 3 aromatic rings. The number of hydrogen-bond acceptors (Lipinski definition) is 5. The van der Waals surface area contributed by atoms with Crippen molar-refractivity contribution in [1.82, 2.24) is 0 Å². The number of anilines is 2. The maximum absolute atomic E-state index is 13.0. The van der Waals surface area contributed by atoms with E-state index in [0.717, 1.165) is 24.8 Å². The maximum atomic E-state index is 13.0. The van der Waals surface area contributed by atoms with Gasteiger partial charge in [0, 0.05) is 11.8 Å². The van der Waals surface area contributed by atoms with Crippen LogP contribution in [0.15, 0.2) is 65.6 Å². The normalized spacial score (nSPS) is 14.5. The number of sulfonamides is 1. The van der Waals surface area contributed by atoms with Crippen molar-refractivity contribution < 1.29 is 22.7 Å². The molecule has 1 aliphatic heterocycles. The number of rotatable bonds is 5. The number of ether oxygens (including phenoxy) is 2. The van der Waals surface area contributed by atoms with E-state index in [0.29, 0.717) is 30.4 Å². The molecule has 0 aromatic heterocycles. The second-order valence-corrected chi connectivity index (χ2v) is 9.43. The molecule has 3 aromatic carbocycles. The van der Waals surface area contributed by atoms with Gasteiger partial charge in [-0.25, -0.2) is 8.42 Å². The van der Waals surface area contributed by atoms with Crippen molar-refractivity contribution in [3.63, 3.8) is 0 Å². The van der Waals surface area contributed by atoms with Crippen LogP contribution in [0.1, 0.15) is 27.9 Å². The summed E-state index contributed by atoms with van der Waals surface area (Å²) in [5, 5.41) is 2.80. The molecule has 32 heavy (non-hydrogen) atoms. The van der Waals surface area contributed by atoms with Crippen molar-refractivity contribution in [2.24, 2.45) is 0 Å². The van der Waals surface area contributed by atoms with Crippen LogP contribution in [-0.4, -0.2) is 27.5 Å². The van der Waals surface area contributed by atoms with Gasteiger partial charge in [0.05, 0.1) is 16.1 Å². The molecular formula is C24H22N2O5S. The second-order valence-electron chi connectivity index (χ2n) is 7.75. The Morgan fingerprint density at radius 1 is 0.844 bits per heavy atom. The van der Waals surface area contributed by atoms with Crippen molar-refractivity contribution in [3.05, 3.63) is 77.4 Å². The summed E-state index contributed by atoms with van der Waals surface area (Å²) in [5.74, 6) is 0.741. The molecule has 0 saturated carbocycles. The lowest BCUT2D eigenvalue weighted by atomic mass is 10.1. The Morgan fingerprint density at radius 3 is 2.50 bits per heavy atom. The minimum atomic E-state index is -3.84. The average molecular weight is 451 g/mol. The molecule has 1 heterocycles. The van der Waals surface area contributed by atoms with Crippen molar-refractivity contribution >= 4 is 27.3 Å². The van der Waals surface area contributed by atoms with Crippen LogP contribution in [0, 0.1) is 0 Å². The predicted octanol–water partition coefficient (Wildman–Crippen LogP) is 4.00. The van der Waals surface area contributed by atoms with Gasteiger partial charge in [-0.1, -0.05) is 18.2 Å². The molecule has 5 rings (SSSR count). The molecule has 2 N–H and O–H groups in total. The van der Waals surface area contributed by atoms with E-state index in [1.807, 2.05) is 6.07 Å². The summed E-state index contributed by atoms with van der Waals surface area (Å²) >= 11 is 0. The predicted molar refractivity (Wildman–Crippen MR) is 121 cm³/mol. The third kappa shape index (κ3) is 4.01. The summed E-state index contributed by atoms with van der Waals surface area (Å²) in [6.45, 7) is 0.925. The van der Waals surface area contributed by atoms with Gasteiger partial charge in [0.25, 0.3) is 15.9 Å². The lowest BCUT2D eigenvalue weighted by Crippen LogP contribution is -2.19. The van der Waals surface area contributed by atoms with Gasteiger partial charge in [-0.3, -0.25) is 9.52 Å². The first-order valence-corrected chi connectivity index (χ1v) is 11.9. The highest BCUT2D eigenvalue weighted by Crippen LogP contribution is 2.33. The van der Waals surface area contributed by atoms with Crippen LogP contribution in [0.3, 0.4) is 0 Å². The first-order chi connectivity index (χ1) is 15.5. The molecule has 8 heteroatoms. The van der Waals surface area contributed by atoms with Crippen LogP contribution in [0.5, 0.6) is 11.5 Å². The zero-order chi connectivity index (χ0) is 22.1. The Bertz CT molecular complexity index is 1300. The zero-order valence-electron chi connectivity index (χ0n) is 17.3.